The number of rotatable bonds is 11. The second-order valence-electron chi connectivity index (χ2n) is 12.5. The van der Waals surface area contributed by atoms with Crippen LogP contribution in [0.15, 0.2) is 65.3 Å². The van der Waals surface area contributed by atoms with E-state index >= 15 is 0 Å². The van der Waals surface area contributed by atoms with Crippen LogP contribution in [0.4, 0.5) is 0 Å². The smallest absolute Gasteiger partial charge is 0.234 e. The lowest BCUT2D eigenvalue weighted by Crippen LogP contribution is -2.47. The molecule has 1 aliphatic carbocycles. The number of fused-ring (bicyclic) bond motifs is 1. The van der Waals surface area contributed by atoms with Crippen LogP contribution in [0.2, 0.25) is 5.02 Å². The first-order valence-corrected chi connectivity index (χ1v) is 16.4. The Bertz CT molecular complexity index is 1400. The summed E-state index contributed by atoms with van der Waals surface area (Å²) in [7, 11) is 0. The summed E-state index contributed by atoms with van der Waals surface area (Å²) < 4.78 is 0. The second-order valence-corrected chi connectivity index (χ2v) is 12.9. The van der Waals surface area contributed by atoms with Crippen LogP contribution in [0.25, 0.3) is 6.08 Å². The molecule has 7 nitrogen and oxygen atoms in total. The molecule has 236 valence electrons. The number of piperidine rings is 1. The fourth-order valence-corrected chi connectivity index (χ4v) is 7.77. The minimum absolute atomic E-state index is 0.109. The number of aliphatic hydroxyl groups excluding tert-OH is 2. The molecule has 2 fully saturated rings. The Kier molecular flexibility index (Phi) is 10.6. The van der Waals surface area contributed by atoms with Crippen molar-refractivity contribution < 1.29 is 24.9 Å². The van der Waals surface area contributed by atoms with Crippen LogP contribution >= 0.6 is 11.6 Å². The van der Waals surface area contributed by atoms with Crippen molar-refractivity contribution >= 4 is 29.5 Å². The van der Waals surface area contributed by atoms with Crippen LogP contribution in [0, 0.1) is 17.8 Å². The van der Waals surface area contributed by atoms with Gasteiger partial charge in [0.1, 0.15) is 5.75 Å². The average molecular weight is 621 g/mol. The van der Waals surface area contributed by atoms with Crippen molar-refractivity contribution in [2.24, 2.45) is 17.8 Å². The highest BCUT2D eigenvalue weighted by atomic mass is 35.5. The standard InChI is InChI=1S/C36H45ClN2O5/c1-3-23(18-26-11-12-28(41)20-31(26)37)10-13-32(42)33-25(4-2)19-29-34(30(33)22-40)36(44)39(35(29)43)27-14-16-38(17-15-27)21-24-8-6-5-7-9-24/h5-9,11-12,18,20,27,29-30,32,34,40-42H,3-4,10,13-17,19,21-22H2,1-2H3/b23-18+/t29-,30+,32-,34-/m1/s1. The number of amides is 2. The summed E-state index contributed by atoms with van der Waals surface area (Å²) in [5.74, 6) is -1.86. The molecule has 0 bridgehead atoms. The molecular weight excluding hydrogens is 576 g/mol. The van der Waals surface area contributed by atoms with E-state index in [1.54, 1.807) is 12.1 Å². The van der Waals surface area contributed by atoms with Gasteiger partial charge in [0, 0.05) is 31.6 Å². The van der Waals surface area contributed by atoms with Crippen LogP contribution < -0.4 is 0 Å². The molecule has 0 spiro atoms. The van der Waals surface area contributed by atoms with Gasteiger partial charge in [-0.1, -0.05) is 73.0 Å². The summed E-state index contributed by atoms with van der Waals surface area (Å²) in [5, 5.41) is 32.3. The lowest BCUT2D eigenvalue weighted by atomic mass is 9.67. The fraction of sp³-hybridized carbons (Fsp3) is 0.500. The number of carbonyl (C=O) groups excluding carboxylic acids is 2. The Morgan fingerprint density at radius 1 is 1.07 bits per heavy atom. The van der Waals surface area contributed by atoms with Gasteiger partial charge in [-0.15, -0.1) is 0 Å². The van der Waals surface area contributed by atoms with Gasteiger partial charge in [0.25, 0.3) is 0 Å². The average Bonchev–Trinajstić information content (AvgIpc) is 3.28. The van der Waals surface area contributed by atoms with Crippen molar-refractivity contribution in [2.75, 3.05) is 19.7 Å². The number of nitrogens with zero attached hydrogens (tertiary/aromatic N) is 2. The Morgan fingerprint density at radius 3 is 2.43 bits per heavy atom. The Balaban J connectivity index is 1.28. The Labute approximate surface area is 265 Å². The number of hydrogen-bond donors (Lipinski definition) is 3. The molecule has 2 aromatic rings. The molecule has 3 aliphatic rings. The first-order valence-electron chi connectivity index (χ1n) is 16.1. The van der Waals surface area contributed by atoms with Gasteiger partial charge in [0.05, 0.1) is 29.6 Å². The molecule has 0 radical (unpaired) electrons. The van der Waals surface area contributed by atoms with Gasteiger partial charge in [-0.2, -0.15) is 0 Å². The van der Waals surface area contributed by atoms with E-state index in [0.717, 1.165) is 61.2 Å². The molecule has 2 heterocycles. The van der Waals surface area contributed by atoms with Gasteiger partial charge < -0.3 is 15.3 Å². The first-order chi connectivity index (χ1) is 21.2. The summed E-state index contributed by atoms with van der Waals surface area (Å²) in [5.41, 5.74) is 4.89. The van der Waals surface area contributed by atoms with Crippen molar-refractivity contribution in [2.45, 2.75) is 77.5 Å². The third-order valence-electron chi connectivity index (χ3n) is 9.91. The van der Waals surface area contributed by atoms with Gasteiger partial charge >= 0.3 is 0 Å². The fourth-order valence-electron chi connectivity index (χ4n) is 7.54. The topological polar surface area (TPSA) is 101 Å². The molecule has 0 aromatic heterocycles. The molecule has 2 aromatic carbocycles. The summed E-state index contributed by atoms with van der Waals surface area (Å²) in [4.78, 5) is 31.7. The van der Waals surface area contributed by atoms with E-state index in [-0.39, 0.29) is 30.2 Å². The first kappa shape index (κ1) is 32.4. The van der Waals surface area contributed by atoms with Gasteiger partial charge in [-0.3, -0.25) is 19.4 Å². The van der Waals surface area contributed by atoms with Crippen LogP contribution in [-0.4, -0.2) is 68.8 Å². The zero-order chi connectivity index (χ0) is 31.4. The highest BCUT2D eigenvalue weighted by Gasteiger charge is 2.56. The van der Waals surface area contributed by atoms with E-state index < -0.39 is 23.9 Å². The molecule has 2 aliphatic heterocycles. The minimum Gasteiger partial charge on any atom is -0.508 e. The normalized spacial score (nSPS) is 24.2. The number of benzene rings is 2. The molecule has 3 N–H and O–H groups in total. The number of phenols is 1. The molecule has 4 atom stereocenters. The number of aliphatic hydroxyl groups is 2. The van der Waals surface area contributed by atoms with Crippen LogP contribution in [0.3, 0.4) is 0 Å². The Hall–Kier alpha value is -2.97. The van der Waals surface area contributed by atoms with Gasteiger partial charge in [0.15, 0.2) is 0 Å². The van der Waals surface area contributed by atoms with Crippen molar-refractivity contribution in [1.82, 2.24) is 9.80 Å². The number of likely N-dealkylation sites (tertiary alicyclic amines) is 2. The van der Waals surface area contributed by atoms with Crippen molar-refractivity contribution in [3.8, 4) is 5.75 Å². The summed E-state index contributed by atoms with van der Waals surface area (Å²) in [6.07, 6.45) is 5.59. The molecule has 0 saturated carbocycles. The number of allylic oxidation sites excluding steroid dienone is 2. The third kappa shape index (κ3) is 6.81. The zero-order valence-corrected chi connectivity index (χ0v) is 26.5. The predicted molar refractivity (Wildman–Crippen MR) is 173 cm³/mol. The lowest BCUT2D eigenvalue weighted by molar-refractivity contribution is -0.144. The van der Waals surface area contributed by atoms with Gasteiger partial charge in [0.2, 0.25) is 11.8 Å². The van der Waals surface area contributed by atoms with Gasteiger partial charge in [-0.05, 0) is 79.8 Å². The summed E-state index contributed by atoms with van der Waals surface area (Å²) >= 11 is 6.32. The second kappa shape index (κ2) is 14.4. The lowest BCUT2D eigenvalue weighted by Gasteiger charge is -2.37. The predicted octanol–water partition coefficient (Wildman–Crippen LogP) is 5.96. The highest BCUT2D eigenvalue weighted by Crippen LogP contribution is 2.48. The quantitative estimate of drug-likeness (QED) is 0.212. The molecule has 5 rings (SSSR count). The maximum Gasteiger partial charge on any atom is 0.234 e. The zero-order valence-electron chi connectivity index (χ0n) is 25.8. The molecule has 44 heavy (non-hydrogen) atoms. The van der Waals surface area contributed by atoms with Gasteiger partial charge in [-0.25, -0.2) is 0 Å². The van der Waals surface area contributed by atoms with E-state index in [2.05, 4.69) is 24.0 Å². The monoisotopic (exact) mass is 620 g/mol. The number of hydrogen-bond acceptors (Lipinski definition) is 6. The number of carbonyl (C=O) groups is 2. The summed E-state index contributed by atoms with van der Waals surface area (Å²) in [6.45, 7) is 6.28. The number of phenolic OH excluding ortho intramolecular Hbond substituents is 1. The SMILES string of the molecule is CCC1=C([C@H](O)CC/C(=C/c2ccc(O)cc2Cl)CC)[C@H](CO)[C@@H]2C(=O)N(C3CCN(Cc4ccccc4)CC3)C(=O)[C@@H]2C1. The number of imide groups is 1. The van der Waals surface area contributed by atoms with E-state index in [9.17, 15) is 24.9 Å². The maximum absolute atomic E-state index is 14.0. The highest BCUT2D eigenvalue weighted by molar-refractivity contribution is 6.32. The third-order valence-corrected chi connectivity index (χ3v) is 10.2. The molecule has 2 saturated heterocycles. The van der Waals surface area contributed by atoms with Crippen molar-refractivity contribution in [1.29, 1.82) is 0 Å². The van der Waals surface area contributed by atoms with Crippen LogP contribution in [0.5, 0.6) is 5.75 Å². The van der Waals surface area contributed by atoms with Crippen molar-refractivity contribution in [3.63, 3.8) is 0 Å². The number of halogens is 1. The van der Waals surface area contributed by atoms with E-state index in [1.165, 1.54) is 16.5 Å². The molecule has 0 unspecified atom stereocenters. The van der Waals surface area contributed by atoms with Crippen LogP contribution in [-0.2, 0) is 16.1 Å². The minimum atomic E-state index is -0.827. The number of aromatic hydroxyl groups is 1. The van der Waals surface area contributed by atoms with Crippen molar-refractivity contribution in [3.05, 3.63) is 81.4 Å². The van der Waals surface area contributed by atoms with E-state index in [0.29, 0.717) is 30.7 Å². The summed E-state index contributed by atoms with van der Waals surface area (Å²) in [6, 6.07) is 15.1. The van der Waals surface area contributed by atoms with E-state index in [4.69, 9.17) is 11.6 Å². The van der Waals surface area contributed by atoms with E-state index in [1.807, 2.05) is 31.2 Å². The largest absolute Gasteiger partial charge is 0.508 e. The molecule has 8 heteroatoms. The van der Waals surface area contributed by atoms with Crippen LogP contribution in [0.1, 0.15) is 69.9 Å². The molecular formula is C36H45ClN2O5. The maximum atomic E-state index is 14.0. The Morgan fingerprint density at radius 2 is 1.80 bits per heavy atom. The molecule has 2 amide bonds.